The highest BCUT2D eigenvalue weighted by molar-refractivity contribution is 7.92. The number of ether oxygens (including phenoxy) is 2. The minimum Gasteiger partial charge on any atom is -0.497 e. The van der Waals surface area contributed by atoms with E-state index in [0.29, 0.717) is 17.2 Å². The number of anilines is 1. The van der Waals surface area contributed by atoms with Gasteiger partial charge in [0.15, 0.2) is 0 Å². The van der Waals surface area contributed by atoms with Crippen molar-refractivity contribution in [2.45, 2.75) is 4.90 Å². The second-order valence-electron chi connectivity index (χ2n) is 6.31. The Bertz CT molecular complexity index is 1210. The van der Waals surface area contributed by atoms with Gasteiger partial charge in [0.1, 0.15) is 11.5 Å². The Morgan fingerprint density at radius 1 is 0.935 bits per heavy atom. The summed E-state index contributed by atoms with van der Waals surface area (Å²) in [5.41, 5.74) is 3.56. The highest BCUT2D eigenvalue weighted by Gasteiger charge is 2.18. The van der Waals surface area contributed by atoms with E-state index in [1.807, 2.05) is 0 Å². The van der Waals surface area contributed by atoms with E-state index < -0.39 is 15.9 Å². The summed E-state index contributed by atoms with van der Waals surface area (Å²) in [7, 11) is -0.930. The Labute approximate surface area is 180 Å². The normalized spacial score (nSPS) is 11.2. The minimum absolute atomic E-state index is 0.0668. The van der Waals surface area contributed by atoms with E-state index in [4.69, 9.17) is 9.47 Å². The van der Waals surface area contributed by atoms with Crippen molar-refractivity contribution in [3.05, 3.63) is 83.9 Å². The molecule has 31 heavy (non-hydrogen) atoms. The standard InChI is InChI=1S/C22H21N3O5S/c1-29-18-9-5-7-16(13-18)15-23-24-22(26)17-8-6-10-19(14-17)31(27,28)25-20-11-3-4-12-21(20)30-2/h3-15,25H,1-2H3,(H,24,26)/b23-15+. The largest absolute Gasteiger partial charge is 0.497 e. The van der Waals surface area contributed by atoms with Crippen LogP contribution in [0.25, 0.3) is 0 Å². The van der Waals surface area contributed by atoms with Gasteiger partial charge in [0.05, 0.1) is 31.0 Å². The number of hydrogen-bond acceptors (Lipinski definition) is 6. The zero-order valence-electron chi connectivity index (χ0n) is 16.9. The monoisotopic (exact) mass is 439 g/mol. The lowest BCUT2D eigenvalue weighted by Crippen LogP contribution is -2.19. The Hall–Kier alpha value is -3.85. The molecule has 2 N–H and O–H groups in total. The number of nitrogens with zero attached hydrogens (tertiary/aromatic N) is 1. The van der Waals surface area contributed by atoms with Crippen molar-refractivity contribution in [3.63, 3.8) is 0 Å². The second-order valence-corrected chi connectivity index (χ2v) is 7.99. The lowest BCUT2D eigenvalue weighted by molar-refractivity contribution is 0.0955. The van der Waals surface area contributed by atoms with Gasteiger partial charge in [-0.25, -0.2) is 13.8 Å². The molecule has 1 amide bonds. The van der Waals surface area contributed by atoms with Crippen molar-refractivity contribution >= 4 is 27.8 Å². The molecule has 0 fully saturated rings. The zero-order chi connectivity index (χ0) is 22.3. The van der Waals surface area contributed by atoms with Gasteiger partial charge in [-0.15, -0.1) is 0 Å². The van der Waals surface area contributed by atoms with E-state index in [1.54, 1.807) is 55.6 Å². The van der Waals surface area contributed by atoms with Gasteiger partial charge in [-0.3, -0.25) is 9.52 Å². The van der Waals surface area contributed by atoms with Crippen LogP contribution in [0.4, 0.5) is 5.69 Å². The predicted octanol–water partition coefficient (Wildman–Crippen LogP) is 3.27. The summed E-state index contributed by atoms with van der Waals surface area (Å²) in [6.45, 7) is 0. The molecule has 0 bridgehead atoms. The Morgan fingerprint density at radius 3 is 2.48 bits per heavy atom. The first-order chi connectivity index (χ1) is 14.9. The van der Waals surface area contributed by atoms with Gasteiger partial charge in [-0.1, -0.05) is 30.3 Å². The average Bonchev–Trinajstić information content (AvgIpc) is 2.79. The second kappa shape index (κ2) is 9.77. The third kappa shape index (κ3) is 5.61. The van der Waals surface area contributed by atoms with Gasteiger partial charge in [0.25, 0.3) is 15.9 Å². The summed E-state index contributed by atoms with van der Waals surface area (Å²) in [5.74, 6) is 0.496. The van der Waals surface area contributed by atoms with Crippen LogP contribution in [-0.2, 0) is 10.0 Å². The summed E-state index contributed by atoms with van der Waals surface area (Å²) >= 11 is 0. The first-order valence-electron chi connectivity index (χ1n) is 9.16. The van der Waals surface area contributed by atoms with Crippen LogP contribution in [0.5, 0.6) is 11.5 Å². The molecule has 0 aliphatic carbocycles. The molecule has 3 rings (SSSR count). The van der Waals surface area contributed by atoms with E-state index in [1.165, 1.54) is 37.6 Å². The van der Waals surface area contributed by atoms with Gasteiger partial charge >= 0.3 is 0 Å². The van der Waals surface area contributed by atoms with Crippen LogP contribution in [0, 0.1) is 0 Å². The molecule has 0 radical (unpaired) electrons. The maximum Gasteiger partial charge on any atom is 0.271 e. The number of sulfonamides is 1. The number of rotatable bonds is 8. The molecule has 0 unspecified atom stereocenters. The van der Waals surface area contributed by atoms with Crippen LogP contribution >= 0.6 is 0 Å². The Balaban J connectivity index is 1.74. The number of methoxy groups -OCH3 is 2. The molecular formula is C22H21N3O5S. The first kappa shape index (κ1) is 21.8. The number of benzene rings is 3. The van der Waals surface area contributed by atoms with Gasteiger partial charge in [-0.05, 0) is 48.0 Å². The van der Waals surface area contributed by atoms with Gasteiger partial charge in [-0.2, -0.15) is 5.10 Å². The summed E-state index contributed by atoms with van der Waals surface area (Å²) in [4.78, 5) is 12.3. The van der Waals surface area contributed by atoms with Crippen molar-refractivity contribution in [3.8, 4) is 11.5 Å². The molecule has 3 aromatic carbocycles. The number of para-hydroxylation sites is 2. The molecule has 160 valence electrons. The number of hydrazone groups is 1. The molecule has 0 saturated heterocycles. The minimum atomic E-state index is -3.94. The van der Waals surface area contributed by atoms with Crippen LogP contribution in [0.3, 0.4) is 0 Å². The van der Waals surface area contributed by atoms with Crippen molar-refractivity contribution in [2.75, 3.05) is 18.9 Å². The Kier molecular flexibility index (Phi) is 6.88. The van der Waals surface area contributed by atoms with E-state index in [2.05, 4.69) is 15.2 Å². The third-order valence-corrected chi connectivity index (χ3v) is 5.59. The van der Waals surface area contributed by atoms with E-state index in [-0.39, 0.29) is 10.5 Å². The zero-order valence-corrected chi connectivity index (χ0v) is 17.7. The molecule has 0 aromatic heterocycles. The first-order valence-corrected chi connectivity index (χ1v) is 10.6. The molecule has 9 heteroatoms. The number of hydrogen-bond donors (Lipinski definition) is 2. The molecule has 8 nitrogen and oxygen atoms in total. The lowest BCUT2D eigenvalue weighted by atomic mass is 10.2. The molecule has 0 saturated carbocycles. The van der Waals surface area contributed by atoms with Gasteiger partial charge < -0.3 is 9.47 Å². The fourth-order valence-corrected chi connectivity index (χ4v) is 3.80. The molecule has 0 atom stereocenters. The van der Waals surface area contributed by atoms with Crippen molar-refractivity contribution in [2.24, 2.45) is 5.10 Å². The molecular weight excluding hydrogens is 418 g/mol. The summed E-state index contributed by atoms with van der Waals surface area (Å²) < 4.78 is 38.3. The molecule has 3 aromatic rings. The fourth-order valence-electron chi connectivity index (χ4n) is 2.69. The highest BCUT2D eigenvalue weighted by atomic mass is 32.2. The lowest BCUT2D eigenvalue weighted by Gasteiger charge is -2.12. The summed E-state index contributed by atoms with van der Waals surface area (Å²) in [6, 6.07) is 19.4. The van der Waals surface area contributed by atoms with Crippen molar-refractivity contribution in [1.29, 1.82) is 0 Å². The van der Waals surface area contributed by atoms with E-state index >= 15 is 0 Å². The van der Waals surface area contributed by atoms with Gasteiger partial charge in [0.2, 0.25) is 0 Å². The molecule has 0 heterocycles. The maximum absolute atomic E-state index is 12.8. The number of carbonyl (C=O) groups excluding carboxylic acids is 1. The molecule has 0 aliphatic heterocycles. The molecule has 0 aliphatic rings. The summed E-state index contributed by atoms with van der Waals surface area (Å²) in [5, 5.41) is 3.91. The maximum atomic E-state index is 12.8. The topological polar surface area (TPSA) is 106 Å². The SMILES string of the molecule is COc1cccc(/C=N/NC(=O)c2cccc(S(=O)(=O)Nc3ccccc3OC)c2)c1. The Morgan fingerprint density at radius 2 is 1.71 bits per heavy atom. The quantitative estimate of drug-likeness (QED) is 0.414. The average molecular weight is 439 g/mol. The number of amides is 1. The highest BCUT2D eigenvalue weighted by Crippen LogP contribution is 2.26. The summed E-state index contributed by atoms with van der Waals surface area (Å²) in [6.07, 6.45) is 1.46. The fraction of sp³-hybridized carbons (Fsp3) is 0.0909. The molecule has 0 spiro atoms. The van der Waals surface area contributed by atoms with Gasteiger partial charge in [0, 0.05) is 5.56 Å². The third-order valence-electron chi connectivity index (χ3n) is 4.23. The predicted molar refractivity (Wildman–Crippen MR) is 118 cm³/mol. The van der Waals surface area contributed by atoms with Crippen molar-refractivity contribution in [1.82, 2.24) is 5.43 Å². The van der Waals surface area contributed by atoms with Crippen LogP contribution in [0.15, 0.2) is 82.8 Å². The van der Waals surface area contributed by atoms with Crippen molar-refractivity contribution < 1.29 is 22.7 Å². The van der Waals surface area contributed by atoms with E-state index in [0.717, 1.165) is 5.56 Å². The number of nitrogens with one attached hydrogen (secondary N) is 2. The van der Waals surface area contributed by atoms with E-state index in [9.17, 15) is 13.2 Å². The smallest absolute Gasteiger partial charge is 0.271 e. The number of carbonyl (C=O) groups is 1. The van der Waals surface area contributed by atoms with Crippen LogP contribution < -0.4 is 19.6 Å². The van der Waals surface area contributed by atoms with Crippen LogP contribution in [-0.4, -0.2) is 34.8 Å². The van der Waals surface area contributed by atoms with Crippen LogP contribution in [0.1, 0.15) is 15.9 Å². The van der Waals surface area contributed by atoms with Crippen LogP contribution in [0.2, 0.25) is 0 Å².